The first kappa shape index (κ1) is 18.3. The van der Waals surface area contributed by atoms with Gasteiger partial charge in [0.15, 0.2) is 5.13 Å². The number of benzene rings is 1. The minimum atomic E-state index is -0.297. The number of aryl methyl sites for hydroxylation is 1. The molecule has 0 fully saturated rings. The van der Waals surface area contributed by atoms with E-state index in [0.29, 0.717) is 10.0 Å². The first-order valence-electron chi connectivity index (χ1n) is 8.32. The Morgan fingerprint density at radius 1 is 1.12 bits per heavy atom. The number of hydrogen-bond acceptors (Lipinski definition) is 5. The number of rotatable bonds is 7. The van der Waals surface area contributed by atoms with Gasteiger partial charge in [-0.05, 0) is 23.4 Å². The normalized spacial score (nSPS) is 10.5. The van der Waals surface area contributed by atoms with Crippen molar-refractivity contribution in [3.05, 3.63) is 57.6 Å². The van der Waals surface area contributed by atoms with Crippen LogP contribution in [0.1, 0.15) is 28.6 Å². The van der Waals surface area contributed by atoms with Crippen LogP contribution in [0.2, 0.25) is 0 Å². The second kappa shape index (κ2) is 8.73. The molecule has 1 aromatic carbocycles. The lowest BCUT2D eigenvalue weighted by Gasteiger charge is -2.03. The van der Waals surface area contributed by atoms with E-state index < -0.39 is 0 Å². The Balaban J connectivity index is 1.54. The molecule has 0 aliphatic carbocycles. The van der Waals surface area contributed by atoms with Gasteiger partial charge in [0, 0.05) is 10.9 Å². The number of thiophene rings is 1. The largest absolute Gasteiger partial charge is 0.342 e. The van der Waals surface area contributed by atoms with Crippen LogP contribution >= 0.6 is 22.7 Å². The highest BCUT2D eigenvalue weighted by atomic mass is 32.1. The molecule has 0 saturated heterocycles. The molecule has 0 unspecified atom stereocenters. The third-order valence-corrected chi connectivity index (χ3v) is 5.32. The molecule has 0 aliphatic rings. The predicted octanol–water partition coefficient (Wildman–Crippen LogP) is 4.19. The SMILES string of the molecule is CCCc1ccc(-c2csc(NC(=O)CNC(=O)c3cccs3)n2)cc1. The molecule has 0 aliphatic heterocycles. The van der Waals surface area contributed by atoms with Crippen LogP contribution in [-0.4, -0.2) is 23.3 Å². The Labute approximate surface area is 160 Å². The van der Waals surface area contributed by atoms with Crippen LogP contribution in [0.4, 0.5) is 5.13 Å². The van der Waals surface area contributed by atoms with Gasteiger partial charge in [0.2, 0.25) is 5.91 Å². The van der Waals surface area contributed by atoms with E-state index in [1.165, 1.54) is 28.2 Å². The van der Waals surface area contributed by atoms with Gasteiger partial charge in [-0.15, -0.1) is 22.7 Å². The van der Waals surface area contributed by atoms with E-state index >= 15 is 0 Å². The summed E-state index contributed by atoms with van der Waals surface area (Å²) in [4.78, 5) is 28.9. The average Bonchev–Trinajstić information content (AvgIpc) is 3.33. The fraction of sp³-hybridized carbons (Fsp3) is 0.211. The van der Waals surface area contributed by atoms with Gasteiger partial charge in [0.25, 0.3) is 5.91 Å². The first-order valence-corrected chi connectivity index (χ1v) is 10.1. The molecule has 0 atom stereocenters. The van der Waals surface area contributed by atoms with Crippen molar-refractivity contribution in [1.29, 1.82) is 0 Å². The molecule has 3 aromatic rings. The zero-order valence-corrected chi connectivity index (χ0v) is 16.0. The summed E-state index contributed by atoms with van der Waals surface area (Å²) in [5.41, 5.74) is 3.16. The molecular weight excluding hydrogens is 366 g/mol. The molecule has 5 nitrogen and oxygen atoms in total. The molecule has 2 aromatic heterocycles. The van der Waals surface area contributed by atoms with Gasteiger partial charge in [0.1, 0.15) is 0 Å². The minimum Gasteiger partial charge on any atom is -0.342 e. The van der Waals surface area contributed by atoms with Crippen molar-refractivity contribution < 1.29 is 9.59 Å². The van der Waals surface area contributed by atoms with Crippen LogP contribution in [0.3, 0.4) is 0 Å². The van der Waals surface area contributed by atoms with Crippen molar-refractivity contribution in [3.63, 3.8) is 0 Å². The maximum Gasteiger partial charge on any atom is 0.261 e. The van der Waals surface area contributed by atoms with Gasteiger partial charge in [-0.25, -0.2) is 4.98 Å². The maximum absolute atomic E-state index is 12.0. The smallest absolute Gasteiger partial charge is 0.261 e. The summed E-state index contributed by atoms with van der Waals surface area (Å²) >= 11 is 2.70. The van der Waals surface area contributed by atoms with Gasteiger partial charge in [0.05, 0.1) is 17.1 Å². The van der Waals surface area contributed by atoms with Crippen LogP contribution in [0.5, 0.6) is 0 Å². The third kappa shape index (κ3) is 4.77. The second-order valence-corrected chi connectivity index (χ2v) is 7.50. The summed E-state index contributed by atoms with van der Waals surface area (Å²) in [6, 6.07) is 11.8. The van der Waals surface area contributed by atoms with Crippen LogP contribution in [0, 0.1) is 0 Å². The van der Waals surface area contributed by atoms with Crippen LogP contribution in [-0.2, 0) is 11.2 Å². The predicted molar refractivity (Wildman–Crippen MR) is 107 cm³/mol. The van der Waals surface area contributed by atoms with Crippen molar-refractivity contribution in [2.75, 3.05) is 11.9 Å². The fourth-order valence-electron chi connectivity index (χ4n) is 2.41. The van der Waals surface area contributed by atoms with Gasteiger partial charge in [-0.2, -0.15) is 0 Å². The second-order valence-electron chi connectivity index (χ2n) is 5.69. The van der Waals surface area contributed by atoms with E-state index in [-0.39, 0.29) is 18.4 Å². The summed E-state index contributed by atoms with van der Waals surface area (Å²) in [5.74, 6) is -0.545. The van der Waals surface area contributed by atoms with Crippen molar-refractivity contribution >= 4 is 39.6 Å². The number of amides is 2. The Morgan fingerprint density at radius 3 is 2.62 bits per heavy atom. The molecule has 7 heteroatoms. The number of thiazole rings is 1. The first-order chi connectivity index (χ1) is 12.7. The number of carbonyl (C=O) groups is 2. The molecule has 0 saturated carbocycles. The molecule has 134 valence electrons. The lowest BCUT2D eigenvalue weighted by Crippen LogP contribution is -2.32. The van der Waals surface area contributed by atoms with Crippen LogP contribution < -0.4 is 10.6 Å². The van der Waals surface area contributed by atoms with Gasteiger partial charge in [-0.3, -0.25) is 9.59 Å². The van der Waals surface area contributed by atoms with Gasteiger partial charge < -0.3 is 10.6 Å². The monoisotopic (exact) mass is 385 g/mol. The number of anilines is 1. The molecule has 2 N–H and O–H groups in total. The van der Waals surface area contributed by atoms with Crippen molar-refractivity contribution in [1.82, 2.24) is 10.3 Å². The molecule has 0 bridgehead atoms. The van der Waals surface area contributed by atoms with Gasteiger partial charge in [-0.1, -0.05) is 43.7 Å². The number of nitrogens with zero attached hydrogens (tertiary/aromatic N) is 1. The lowest BCUT2D eigenvalue weighted by atomic mass is 10.1. The fourth-order valence-corrected chi connectivity index (χ4v) is 3.79. The average molecular weight is 386 g/mol. The Bertz CT molecular complexity index is 871. The van der Waals surface area contributed by atoms with E-state index in [2.05, 4.69) is 34.7 Å². The van der Waals surface area contributed by atoms with Crippen molar-refractivity contribution in [3.8, 4) is 11.3 Å². The number of carbonyl (C=O) groups excluding carboxylic acids is 2. The Hall–Kier alpha value is -2.51. The topological polar surface area (TPSA) is 71.1 Å². The maximum atomic E-state index is 12.0. The molecule has 2 amide bonds. The highest BCUT2D eigenvalue weighted by molar-refractivity contribution is 7.14. The highest BCUT2D eigenvalue weighted by Gasteiger charge is 2.11. The summed E-state index contributed by atoms with van der Waals surface area (Å²) in [6.07, 6.45) is 2.19. The molecule has 3 rings (SSSR count). The summed E-state index contributed by atoms with van der Waals surface area (Å²) < 4.78 is 0. The number of hydrogen-bond donors (Lipinski definition) is 2. The summed E-state index contributed by atoms with van der Waals surface area (Å²) in [7, 11) is 0. The van der Waals surface area contributed by atoms with E-state index in [1.54, 1.807) is 12.1 Å². The molecule has 26 heavy (non-hydrogen) atoms. The minimum absolute atomic E-state index is 0.0860. The molecule has 0 radical (unpaired) electrons. The van der Waals surface area contributed by atoms with Gasteiger partial charge >= 0.3 is 0 Å². The number of aromatic nitrogens is 1. The molecular formula is C19H19N3O2S2. The quantitative estimate of drug-likeness (QED) is 0.640. The van der Waals surface area contributed by atoms with Crippen molar-refractivity contribution in [2.45, 2.75) is 19.8 Å². The van der Waals surface area contributed by atoms with Crippen molar-refractivity contribution in [2.24, 2.45) is 0 Å². The van der Waals surface area contributed by atoms with E-state index in [0.717, 1.165) is 24.1 Å². The summed E-state index contributed by atoms with van der Waals surface area (Å²) in [6.45, 7) is 2.07. The molecule has 2 heterocycles. The zero-order chi connectivity index (χ0) is 18.4. The van der Waals surface area contributed by atoms with Crippen LogP contribution in [0.15, 0.2) is 47.2 Å². The van der Waals surface area contributed by atoms with E-state index in [9.17, 15) is 9.59 Å². The lowest BCUT2D eigenvalue weighted by molar-refractivity contribution is -0.115. The third-order valence-electron chi connectivity index (χ3n) is 3.69. The van der Waals surface area contributed by atoms with E-state index in [1.807, 2.05) is 22.9 Å². The van der Waals surface area contributed by atoms with Crippen LogP contribution in [0.25, 0.3) is 11.3 Å². The summed E-state index contributed by atoms with van der Waals surface area (Å²) in [5, 5.41) is 9.57. The zero-order valence-electron chi connectivity index (χ0n) is 14.3. The highest BCUT2D eigenvalue weighted by Crippen LogP contribution is 2.25. The Kier molecular flexibility index (Phi) is 6.14. The van der Waals surface area contributed by atoms with E-state index in [4.69, 9.17) is 0 Å². The Morgan fingerprint density at radius 2 is 1.92 bits per heavy atom. The molecule has 0 spiro atoms. The standard InChI is InChI=1S/C19H19N3O2S2/c1-2-4-13-6-8-14(9-7-13)15-12-26-19(21-15)22-17(23)11-20-18(24)16-5-3-10-25-16/h3,5-10,12H,2,4,11H2,1H3,(H,20,24)(H,21,22,23). The number of nitrogens with one attached hydrogen (secondary N) is 2.